The second kappa shape index (κ2) is 6.33. The summed E-state index contributed by atoms with van der Waals surface area (Å²) < 4.78 is 0. The predicted octanol–water partition coefficient (Wildman–Crippen LogP) is 3.62. The van der Waals surface area contributed by atoms with Gasteiger partial charge >= 0.3 is 0 Å². The Hall–Kier alpha value is -1.44. The lowest BCUT2D eigenvalue weighted by Gasteiger charge is -2.29. The van der Waals surface area contributed by atoms with Crippen LogP contribution >= 0.6 is 0 Å². The van der Waals surface area contributed by atoms with Crippen molar-refractivity contribution in [1.29, 1.82) is 0 Å². The molecule has 0 aliphatic heterocycles. The minimum atomic E-state index is 0.980. The smallest absolute Gasteiger partial charge is 0.0611 e. The first-order valence-corrected chi connectivity index (χ1v) is 6.31. The lowest BCUT2D eigenvalue weighted by Crippen LogP contribution is -2.30. The molecular weight excluding hydrogens is 208 g/mol. The fourth-order valence-electron chi connectivity index (χ4n) is 1.73. The second-order valence-electron chi connectivity index (χ2n) is 4.65. The van der Waals surface area contributed by atoms with Gasteiger partial charge in [0.15, 0.2) is 0 Å². The maximum atomic E-state index is 4.06. The Morgan fingerprint density at radius 1 is 1.41 bits per heavy atom. The van der Waals surface area contributed by atoms with Crippen molar-refractivity contribution in [2.45, 2.75) is 40.5 Å². The summed E-state index contributed by atoms with van der Waals surface area (Å²) in [6, 6.07) is 0. The molecule has 2 N–H and O–H groups in total. The molecule has 1 aliphatic rings. The Kier molecular flexibility index (Phi) is 5.08. The third-order valence-corrected chi connectivity index (χ3v) is 2.66. The second-order valence-corrected chi connectivity index (χ2v) is 4.65. The molecule has 0 radical (unpaired) electrons. The summed E-state index contributed by atoms with van der Waals surface area (Å²) in [6.45, 7) is 13.5. The SMILES string of the molecule is C=C1CC(NCCC)=C1N/C(C=C(C)C)=C/C. The maximum absolute atomic E-state index is 4.06. The van der Waals surface area contributed by atoms with E-state index in [1.807, 2.05) is 6.92 Å². The molecule has 0 unspecified atom stereocenters. The Bertz CT molecular complexity index is 380. The summed E-state index contributed by atoms with van der Waals surface area (Å²) in [5, 5.41) is 6.89. The molecule has 0 amide bonds. The summed E-state index contributed by atoms with van der Waals surface area (Å²) in [4.78, 5) is 0. The van der Waals surface area contributed by atoms with E-state index >= 15 is 0 Å². The normalized spacial score (nSPS) is 15.5. The molecule has 0 heterocycles. The Balaban J connectivity index is 2.71. The summed E-state index contributed by atoms with van der Waals surface area (Å²) in [5.41, 5.74) is 6.07. The van der Waals surface area contributed by atoms with Crippen molar-refractivity contribution in [2.75, 3.05) is 6.54 Å². The third-order valence-electron chi connectivity index (χ3n) is 2.66. The van der Waals surface area contributed by atoms with Crippen LogP contribution in [0.5, 0.6) is 0 Å². The highest BCUT2D eigenvalue weighted by Gasteiger charge is 2.21. The molecule has 0 bridgehead atoms. The zero-order valence-corrected chi connectivity index (χ0v) is 11.5. The van der Waals surface area contributed by atoms with Gasteiger partial charge in [0.05, 0.1) is 5.70 Å². The lowest BCUT2D eigenvalue weighted by molar-refractivity contribution is 0.692. The van der Waals surface area contributed by atoms with Crippen molar-refractivity contribution in [3.8, 4) is 0 Å². The van der Waals surface area contributed by atoms with Gasteiger partial charge in [-0.15, -0.1) is 0 Å². The molecule has 1 rings (SSSR count). The third kappa shape index (κ3) is 3.81. The van der Waals surface area contributed by atoms with Crippen LogP contribution < -0.4 is 10.6 Å². The topological polar surface area (TPSA) is 24.1 Å². The quantitative estimate of drug-likeness (QED) is 0.683. The summed E-state index contributed by atoms with van der Waals surface area (Å²) in [6.07, 6.45) is 6.36. The van der Waals surface area contributed by atoms with E-state index in [0.29, 0.717) is 0 Å². The van der Waals surface area contributed by atoms with Crippen molar-refractivity contribution in [3.63, 3.8) is 0 Å². The van der Waals surface area contributed by atoms with E-state index < -0.39 is 0 Å². The fraction of sp³-hybridized carbons (Fsp3) is 0.467. The van der Waals surface area contributed by atoms with Gasteiger partial charge in [-0.1, -0.05) is 25.2 Å². The van der Waals surface area contributed by atoms with Gasteiger partial charge in [0.2, 0.25) is 0 Å². The van der Waals surface area contributed by atoms with Gasteiger partial charge in [0.1, 0.15) is 0 Å². The first-order valence-electron chi connectivity index (χ1n) is 6.31. The first kappa shape index (κ1) is 13.6. The molecule has 17 heavy (non-hydrogen) atoms. The molecular formula is C15H24N2. The highest BCUT2D eigenvalue weighted by molar-refractivity contribution is 5.47. The molecule has 0 aromatic carbocycles. The molecule has 0 fully saturated rings. The van der Waals surface area contributed by atoms with Crippen molar-refractivity contribution >= 4 is 0 Å². The lowest BCUT2D eigenvalue weighted by atomic mass is 9.94. The fourth-order valence-corrected chi connectivity index (χ4v) is 1.73. The van der Waals surface area contributed by atoms with Gasteiger partial charge in [-0.25, -0.2) is 0 Å². The highest BCUT2D eigenvalue weighted by Crippen LogP contribution is 2.29. The van der Waals surface area contributed by atoms with E-state index in [9.17, 15) is 0 Å². The molecule has 0 spiro atoms. The van der Waals surface area contributed by atoms with Crippen molar-refractivity contribution in [2.24, 2.45) is 0 Å². The van der Waals surface area contributed by atoms with Crippen LogP contribution in [0.2, 0.25) is 0 Å². The average Bonchev–Trinajstić information content (AvgIpc) is 2.29. The van der Waals surface area contributed by atoms with Crippen molar-refractivity contribution in [3.05, 3.63) is 47.0 Å². The molecule has 2 nitrogen and oxygen atoms in total. The van der Waals surface area contributed by atoms with E-state index in [4.69, 9.17) is 0 Å². The molecule has 94 valence electrons. The monoisotopic (exact) mass is 232 g/mol. The standard InChI is InChI=1S/C15H24N2/c1-6-8-16-14-10-12(5)15(14)17-13(7-2)9-11(3)4/h7,9,16-17H,5-6,8,10H2,1-4H3/b13-7+. The number of hydrogen-bond donors (Lipinski definition) is 2. The summed E-state index contributed by atoms with van der Waals surface area (Å²) >= 11 is 0. The van der Waals surface area contributed by atoms with Crippen LogP contribution in [0.3, 0.4) is 0 Å². The van der Waals surface area contributed by atoms with Gasteiger partial charge in [-0.2, -0.15) is 0 Å². The number of allylic oxidation sites excluding steroid dienone is 5. The highest BCUT2D eigenvalue weighted by atomic mass is 15.0. The number of rotatable bonds is 6. The van der Waals surface area contributed by atoms with Gasteiger partial charge < -0.3 is 10.6 Å². The molecule has 0 saturated carbocycles. The Morgan fingerprint density at radius 3 is 2.59 bits per heavy atom. The molecule has 0 saturated heterocycles. The van der Waals surface area contributed by atoms with Gasteiger partial charge in [-0.3, -0.25) is 0 Å². The first-order chi connectivity index (χ1) is 8.08. The van der Waals surface area contributed by atoms with Crippen LogP contribution in [-0.2, 0) is 0 Å². The van der Waals surface area contributed by atoms with Crippen LogP contribution in [0.15, 0.2) is 47.0 Å². The van der Waals surface area contributed by atoms with E-state index in [1.165, 1.54) is 22.5 Å². The minimum Gasteiger partial charge on any atom is -0.386 e. The Labute approximate surface area is 105 Å². The van der Waals surface area contributed by atoms with Gasteiger partial charge in [0.25, 0.3) is 0 Å². The summed E-state index contributed by atoms with van der Waals surface area (Å²) in [5.74, 6) is 0. The minimum absolute atomic E-state index is 0.980. The van der Waals surface area contributed by atoms with Crippen LogP contribution in [0.25, 0.3) is 0 Å². The van der Waals surface area contributed by atoms with Crippen LogP contribution in [0.1, 0.15) is 40.5 Å². The van der Waals surface area contributed by atoms with E-state index in [1.54, 1.807) is 0 Å². The largest absolute Gasteiger partial charge is 0.386 e. The predicted molar refractivity (Wildman–Crippen MR) is 75.4 cm³/mol. The Morgan fingerprint density at radius 2 is 2.12 bits per heavy atom. The molecule has 2 heteroatoms. The van der Waals surface area contributed by atoms with Gasteiger partial charge in [0, 0.05) is 24.4 Å². The average molecular weight is 232 g/mol. The molecule has 0 atom stereocenters. The molecule has 0 aromatic heterocycles. The van der Waals surface area contributed by atoms with Crippen LogP contribution in [0.4, 0.5) is 0 Å². The number of nitrogens with one attached hydrogen (secondary N) is 2. The van der Waals surface area contributed by atoms with Crippen molar-refractivity contribution in [1.82, 2.24) is 10.6 Å². The van der Waals surface area contributed by atoms with E-state index in [0.717, 1.165) is 25.1 Å². The zero-order valence-electron chi connectivity index (χ0n) is 11.5. The van der Waals surface area contributed by atoms with Crippen LogP contribution in [-0.4, -0.2) is 6.54 Å². The molecule has 0 aromatic rings. The van der Waals surface area contributed by atoms with Gasteiger partial charge in [-0.05, 0) is 38.8 Å². The van der Waals surface area contributed by atoms with E-state index in [2.05, 4.69) is 50.1 Å². The zero-order chi connectivity index (χ0) is 12.8. The van der Waals surface area contributed by atoms with E-state index in [-0.39, 0.29) is 0 Å². The molecule has 1 aliphatic carbocycles. The number of hydrogen-bond acceptors (Lipinski definition) is 2. The maximum Gasteiger partial charge on any atom is 0.0611 e. The van der Waals surface area contributed by atoms with Crippen molar-refractivity contribution < 1.29 is 0 Å². The van der Waals surface area contributed by atoms with Crippen LogP contribution in [0, 0.1) is 0 Å². The summed E-state index contributed by atoms with van der Waals surface area (Å²) in [7, 11) is 0.